The zero-order valence-corrected chi connectivity index (χ0v) is 27.8. The summed E-state index contributed by atoms with van der Waals surface area (Å²) in [4.78, 5) is 34.4. The number of amides is 3. The summed E-state index contributed by atoms with van der Waals surface area (Å²) >= 11 is 6.03. The molecular formula is C34H48ClN7O3. The van der Waals surface area contributed by atoms with E-state index in [1.54, 1.807) is 11.2 Å². The number of benzene rings is 1. The Morgan fingerprint density at radius 1 is 1.11 bits per heavy atom. The van der Waals surface area contributed by atoms with E-state index in [0.29, 0.717) is 13.1 Å². The highest BCUT2D eigenvalue weighted by Crippen LogP contribution is 2.25. The van der Waals surface area contributed by atoms with Gasteiger partial charge in [0.05, 0.1) is 25.1 Å². The van der Waals surface area contributed by atoms with Gasteiger partial charge in [-0.15, -0.1) is 0 Å². The monoisotopic (exact) mass is 637 g/mol. The molecule has 1 aliphatic carbocycles. The topological polar surface area (TPSA) is 116 Å². The molecule has 3 N–H and O–H groups in total. The molecule has 0 spiro atoms. The Hall–Kier alpha value is -3.47. The maximum absolute atomic E-state index is 11.6. The normalized spacial score (nSPS) is 19.4. The number of nitrogens with one attached hydrogen (secondary N) is 2. The summed E-state index contributed by atoms with van der Waals surface area (Å²) < 4.78 is 1.88. The van der Waals surface area contributed by atoms with Crippen molar-refractivity contribution in [2.75, 3.05) is 39.3 Å². The number of β-amino-alcohol motifs (C(OH)–C–C–N with tert-alkyl or cyclic N) is 1. The minimum atomic E-state index is -0.813. The molecule has 2 aromatic heterocycles. The Balaban J connectivity index is 0.000000155. The van der Waals surface area contributed by atoms with Gasteiger partial charge in [0.1, 0.15) is 5.60 Å². The molecule has 3 amide bonds. The summed E-state index contributed by atoms with van der Waals surface area (Å²) in [6.45, 7) is 13.0. The third-order valence-electron chi connectivity index (χ3n) is 8.03. The fourth-order valence-electron chi connectivity index (χ4n) is 5.84. The highest BCUT2D eigenvalue weighted by atomic mass is 35.5. The Morgan fingerprint density at radius 3 is 2.56 bits per heavy atom. The van der Waals surface area contributed by atoms with Gasteiger partial charge in [0.15, 0.2) is 0 Å². The number of hydrogen-bond donors (Lipinski definition) is 3. The summed E-state index contributed by atoms with van der Waals surface area (Å²) in [6, 6.07) is 10.4. The van der Waals surface area contributed by atoms with Crippen LogP contribution in [0.5, 0.6) is 0 Å². The van der Waals surface area contributed by atoms with Crippen molar-refractivity contribution in [1.29, 1.82) is 0 Å². The van der Waals surface area contributed by atoms with Crippen LogP contribution in [0, 0.1) is 6.92 Å². The number of carbonyl (C=O) groups is 2. The number of piperazine rings is 1. The molecule has 0 saturated carbocycles. The van der Waals surface area contributed by atoms with Gasteiger partial charge in [-0.25, -0.2) is 9.78 Å². The molecule has 1 aromatic carbocycles. The largest absolute Gasteiger partial charge is 0.386 e. The van der Waals surface area contributed by atoms with E-state index in [-0.39, 0.29) is 11.6 Å². The number of likely N-dealkylation sites (tertiary alicyclic amines) is 1. The van der Waals surface area contributed by atoms with Crippen LogP contribution < -0.4 is 10.6 Å². The molecule has 1 unspecified atom stereocenters. The van der Waals surface area contributed by atoms with Gasteiger partial charge in [-0.05, 0) is 88.3 Å². The van der Waals surface area contributed by atoms with E-state index in [2.05, 4.69) is 38.8 Å². The highest BCUT2D eigenvalue weighted by molar-refractivity contribution is 6.30. The van der Waals surface area contributed by atoms with Crippen molar-refractivity contribution in [2.45, 2.75) is 77.5 Å². The summed E-state index contributed by atoms with van der Waals surface area (Å²) in [5.74, 6) is 0. The number of nitrogens with zero attached hydrogens (tertiary/aromatic N) is 5. The molecule has 11 heteroatoms. The lowest BCUT2D eigenvalue weighted by Gasteiger charge is -2.37. The van der Waals surface area contributed by atoms with E-state index >= 15 is 0 Å². The molecule has 6 rings (SSSR count). The third kappa shape index (κ3) is 10.8. The molecule has 3 aromatic rings. The molecular weight excluding hydrogens is 590 g/mol. The molecule has 2 fully saturated rings. The Labute approximate surface area is 272 Å². The summed E-state index contributed by atoms with van der Waals surface area (Å²) in [5.41, 5.74) is 5.30. The van der Waals surface area contributed by atoms with Crippen LogP contribution in [0.15, 0.2) is 49.1 Å². The van der Waals surface area contributed by atoms with Gasteiger partial charge in [0.2, 0.25) is 6.41 Å². The fraction of sp³-hybridized carbons (Fsp3) is 0.529. The molecule has 2 aliphatic heterocycles. The smallest absolute Gasteiger partial charge is 0.317 e. The van der Waals surface area contributed by atoms with E-state index in [1.165, 1.54) is 22.4 Å². The van der Waals surface area contributed by atoms with Crippen molar-refractivity contribution in [2.24, 2.45) is 0 Å². The minimum absolute atomic E-state index is 0.0500. The number of aliphatic hydroxyl groups is 1. The van der Waals surface area contributed by atoms with E-state index < -0.39 is 5.60 Å². The van der Waals surface area contributed by atoms with Gasteiger partial charge >= 0.3 is 6.03 Å². The number of hydrogen-bond acceptors (Lipinski definition) is 6. The molecule has 244 valence electrons. The number of pyridine rings is 1. The maximum Gasteiger partial charge on any atom is 0.317 e. The third-order valence-corrected chi connectivity index (χ3v) is 8.27. The van der Waals surface area contributed by atoms with Gasteiger partial charge in [-0.3, -0.25) is 9.78 Å². The maximum atomic E-state index is 11.6. The number of aromatic nitrogens is 3. The van der Waals surface area contributed by atoms with Gasteiger partial charge in [0.25, 0.3) is 0 Å². The SMILES string of the molecule is CC(C)(C)NC(=O)N1CCNCC1.Cc1cn(CC2(O)CCCN(C=O)C2)cn1.Clc1ccc2c(c1)CCc1cccnc1C2. The van der Waals surface area contributed by atoms with Crippen molar-refractivity contribution in [1.82, 2.24) is 35.0 Å². The predicted molar refractivity (Wildman–Crippen MR) is 177 cm³/mol. The first-order chi connectivity index (χ1) is 21.4. The lowest BCUT2D eigenvalue weighted by Crippen LogP contribution is -2.54. The molecule has 3 aliphatic rings. The molecule has 45 heavy (non-hydrogen) atoms. The van der Waals surface area contributed by atoms with Crippen LogP contribution in [0.25, 0.3) is 0 Å². The number of fused-ring (bicyclic) bond motifs is 2. The van der Waals surface area contributed by atoms with Gasteiger partial charge < -0.3 is 30.1 Å². The van der Waals surface area contributed by atoms with Crippen molar-refractivity contribution >= 4 is 24.0 Å². The zero-order valence-electron chi connectivity index (χ0n) is 27.1. The average Bonchev–Trinajstić information content (AvgIpc) is 3.31. The van der Waals surface area contributed by atoms with E-state index in [1.807, 2.05) is 61.7 Å². The second kappa shape index (κ2) is 15.7. The Morgan fingerprint density at radius 2 is 1.87 bits per heavy atom. The molecule has 4 heterocycles. The summed E-state index contributed by atoms with van der Waals surface area (Å²) in [7, 11) is 0. The molecule has 2 saturated heterocycles. The second-order valence-corrected chi connectivity index (χ2v) is 13.6. The van der Waals surface area contributed by atoms with E-state index in [4.69, 9.17) is 11.6 Å². The van der Waals surface area contributed by atoms with Gasteiger partial charge in [-0.1, -0.05) is 23.7 Å². The van der Waals surface area contributed by atoms with Crippen LogP contribution in [-0.4, -0.2) is 92.3 Å². The van der Waals surface area contributed by atoms with Crippen molar-refractivity contribution in [3.63, 3.8) is 0 Å². The first-order valence-corrected chi connectivity index (χ1v) is 16.2. The fourth-order valence-corrected chi connectivity index (χ4v) is 6.03. The zero-order chi connectivity index (χ0) is 32.5. The second-order valence-electron chi connectivity index (χ2n) is 13.2. The van der Waals surface area contributed by atoms with Crippen LogP contribution in [0.3, 0.4) is 0 Å². The summed E-state index contributed by atoms with van der Waals surface area (Å²) in [6.07, 6.45) is 10.9. The van der Waals surface area contributed by atoms with Crippen LogP contribution >= 0.6 is 11.6 Å². The van der Waals surface area contributed by atoms with Crippen LogP contribution in [0.1, 0.15) is 61.7 Å². The van der Waals surface area contributed by atoms with Crippen LogP contribution in [-0.2, 0) is 30.6 Å². The lowest BCUT2D eigenvalue weighted by atomic mass is 9.93. The minimum Gasteiger partial charge on any atom is -0.386 e. The lowest BCUT2D eigenvalue weighted by molar-refractivity contribution is -0.125. The van der Waals surface area contributed by atoms with Crippen molar-refractivity contribution < 1.29 is 14.7 Å². The van der Waals surface area contributed by atoms with Gasteiger partial charge in [-0.2, -0.15) is 0 Å². The average molecular weight is 638 g/mol. The van der Waals surface area contributed by atoms with Crippen molar-refractivity contribution in [3.05, 3.63) is 82.2 Å². The molecule has 1 atom stereocenters. The Kier molecular flexibility index (Phi) is 12.0. The van der Waals surface area contributed by atoms with Crippen LogP contribution in [0.4, 0.5) is 4.79 Å². The Bertz CT molecular complexity index is 1420. The molecule has 0 bridgehead atoms. The van der Waals surface area contributed by atoms with Gasteiger partial charge in [0, 0.05) is 67.8 Å². The first kappa shape index (κ1) is 34.4. The quantitative estimate of drug-likeness (QED) is 0.374. The van der Waals surface area contributed by atoms with Crippen LogP contribution in [0.2, 0.25) is 5.02 Å². The van der Waals surface area contributed by atoms with E-state index in [9.17, 15) is 14.7 Å². The first-order valence-electron chi connectivity index (χ1n) is 15.8. The van der Waals surface area contributed by atoms with E-state index in [0.717, 1.165) is 82.0 Å². The predicted octanol–water partition coefficient (Wildman–Crippen LogP) is 4.00. The number of piperidine rings is 1. The number of imidazole rings is 1. The number of urea groups is 1. The molecule has 10 nitrogen and oxygen atoms in total. The standard InChI is InChI=1S/C14H12ClN.C11H17N3O2.C9H19N3O/c15-13-6-5-12-9-14-10(2-1-7-16-14)3-4-11(12)8-13;1-10-5-14(8-12-10)7-11(16)3-2-4-13(6-11)9-15;1-9(2,3)11-8(13)12-6-4-10-5-7-12/h1-2,5-8H,3-4,9H2;5,8-9,16H,2-4,6-7H2,1H3;10H,4-7H2,1-3H3,(H,11,13). The highest BCUT2D eigenvalue weighted by Gasteiger charge is 2.33. The number of halogens is 1. The van der Waals surface area contributed by atoms with Crippen molar-refractivity contribution in [3.8, 4) is 0 Å². The number of rotatable bonds is 3. The molecule has 0 radical (unpaired) electrons. The number of aryl methyl sites for hydroxylation is 3. The number of carbonyl (C=O) groups excluding carboxylic acids is 2. The summed E-state index contributed by atoms with van der Waals surface area (Å²) in [5, 5.41) is 17.4.